The van der Waals surface area contributed by atoms with Crippen LogP contribution in [0.4, 0.5) is 0 Å². The van der Waals surface area contributed by atoms with E-state index in [9.17, 15) is 0 Å². The van der Waals surface area contributed by atoms with Gasteiger partial charge >= 0.3 is 0 Å². The van der Waals surface area contributed by atoms with Crippen molar-refractivity contribution < 1.29 is 0 Å². The lowest BCUT2D eigenvalue weighted by atomic mass is 10.1. The van der Waals surface area contributed by atoms with Gasteiger partial charge in [-0.05, 0) is 31.0 Å². The smallest absolute Gasteiger partial charge is 0.192 e. The first-order chi connectivity index (χ1) is 13.7. The van der Waals surface area contributed by atoms with Gasteiger partial charge in [0.2, 0.25) is 0 Å². The fourth-order valence-electron chi connectivity index (χ4n) is 2.99. The van der Waals surface area contributed by atoms with Crippen LogP contribution in [0.2, 0.25) is 5.02 Å². The first kappa shape index (κ1) is 23.2. The second-order valence-corrected chi connectivity index (χ2v) is 6.95. The van der Waals surface area contributed by atoms with E-state index >= 15 is 0 Å². The molecular formula is C22H27ClIN5. The minimum Gasteiger partial charge on any atom is -0.357 e. The minimum absolute atomic E-state index is 0. The zero-order valence-electron chi connectivity index (χ0n) is 16.7. The predicted molar refractivity (Wildman–Crippen MR) is 131 cm³/mol. The van der Waals surface area contributed by atoms with Gasteiger partial charge in [-0.2, -0.15) is 0 Å². The maximum Gasteiger partial charge on any atom is 0.192 e. The van der Waals surface area contributed by atoms with Gasteiger partial charge in [-0.25, -0.2) is 9.98 Å². The number of rotatable bonds is 7. The maximum absolute atomic E-state index is 6.32. The number of aliphatic imine (C=N–C) groups is 1. The number of halogens is 2. The SMILES string of the molecule is CCNC(=NCc1nccn1Cc1ccccc1)NC(C)c1ccccc1Cl.I. The Bertz CT molecular complexity index is 910. The normalized spacial score (nSPS) is 12.2. The summed E-state index contributed by atoms with van der Waals surface area (Å²) in [4.78, 5) is 9.20. The van der Waals surface area contributed by atoms with Crippen LogP contribution in [0.1, 0.15) is 36.8 Å². The van der Waals surface area contributed by atoms with E-state index < -0.39 is 0 Å². The Morgan fingerprint density at radius 1 is 1.14 bits per heavy atom. The Labute approximate surface area is 194 Å². The molecule has 0 aliphatic carbocycles. The zero-order valence-corrected chi connectivity index (χ0v) is 19.8. The summed E-state index contributed by atoms with van der Waals surface area (Å²) >= 11 is 6.32. The van der Waals surface area contributed by atoms with Crippen molar-refractivity contribution in [1.29, 1.82) is 0 Å². The summed E-state index contributed by atoms with van der Waals surface area (Å²) in [6, 6.07) is 18.2. The Morgan fingerprint density at radius 3 is 2.59 bits per heavy atom. The summed E-state index contributed by atoms with van der Waals surface area (Å²) in [5, 5.41) is 7.46. The molecule has 0 bridgehead atoms. The fourth-order valence-corrected chi connectivity index (χ4v) is 3.29. The average Bonchev–Trinajstić information content (AvgIpc) is 3.14. The lowest BCUT2D eigenvalue weighted by Crippen LogP contribution is -2.38. The van der Waals surface area contributed by atoms with Gasteiger partial charge < -0.3 is 15.2 Å². The maximum atomic E-state index is 6.32. The van der Waals surface area contributed by atoms with Crippen molar-refractivity contribution in [3.63, 3.8) is 0 Å². The van der Waals surface area contributed by atoms with E-state index in [1.165, 1.54) is 5.56 Å². The summed E-state index contributed by atoms with van der Waals surface area (Å²) in [6.07, 6.45) is 3.81. The first-order valence-electron chi connectivity index (χ1n) is 9.50. The number of hydrogen-bond donors (Lipinski definition) is 2. The molecule has 0 aliphatic rings. The molecule has 1 heterocycles. The van der Waals surface area contributed by atoms with Gasteiger partial charge in [-0.3, -0.25) is 0 Å². The number of nitrogens with zero attached hydrogens (tertiary/aromatic N) is 3. The van der Waals surface area contributed by atoms with E-state index in [1.54, 1.807) is 0 Å². The van der Waals surface area contributed by atoms with E-state index in [1.807, 2.05) is 61.8 Å². The molecule has 7 heteroatoms. The van der Waals surface area contributed by atoms with Crippen LogP contribution in [0.25, 0.3) is 0 Å². The molecule has 1 unspecified atom stereocenters. The summed E-state index contributed by atoms with van der Waals surface area (Å²) in [6.45, 7) is 6.17. The van der Waals surface area contributed by atoms with Crippen LogP contribution in [0.3, 0.4) is 0 Å². The van der Waals surface area contributed by atoms with Crippen LogP contribution >= 0.6 is 35.6 Å². The molecule has 1 aromatic heterocycles. The van der Waals surface area contributed by atoms with Crippen LogP contribution < -0.4 is 10.6 Å². The summed E-state index contributed by atoms with van der Waals surface area (Å²) in [7, 11) is 0. The number of nitrogens with one attached hydrogen (secondary N) is 2. The highest BCUT2D eigenvalue weighted by molar-refractivity contribution is 14.0. The van der Waals surface area contributed by atoms with Crippen LogP contribution in [-0.2, 0) is 13.1 Å². The van der Waals surface area contributed by atoms with Crippen molar-refractivity contribution in [1.82, 2.24) is 20.2 Å². The Kier molecular flexibility index (Phi) is 9.47. The second kappa shape index (κ2) is 11.8. The van der Waals surface area contributed by atoms with Crippen molar-refractivity contribution >= 4 is 41.5 Å². The summed E-state index contributed by atoms with van der Waals surface area (Å²) in [5.41, 5.74) is 2.28. The summed E-state index contributed by atoms with van der Waals surface area (Å²) in [5.74, 6) is 1.66. The Morgan fingerprint density at radius 2 is 1.86 bits per heavy atom. The van der Waals surface area contributed by atoms with E-state index in [2.05, 4.69) is 39.2 Å². The van der Waals surface area contributed by atoms with Crippen molar-refractivity contribution in [2.24, 2.45) is 4.99 Å². The molecule has 0 saturated carbocycles. The molecule has 3 aromatic rings. The van der Waals surface area contributed by atoms with E-state index in [0.717, 1.165) is 35.5 Å². The van der Waals surface area contributed by atoms with E-state index in [4.69, 9.17) is 16.6 Å². The van der Waals surface area contributed by atoms with Gasteiger partial charge in [0.15, 0.2) is 5.96 Å². The average molecular weight is 524 g/mol. The molecule has 154 valence electrons. The molecule has 29 heavy (non-hydrogen) atoms. The third-order valence-electron chi connectivity index (χ3n) is 4.45. The molecule has 1 atom stereocenters. The number of hydrogen-bond acceptors (Lipinski definition) is 2. The number of aromatic nitrogens is 2. The topological polar surface area (TPSA) is 54.2 Å². The molecule has 0 fully saturated rings. The molecular weight excluding hydrogens is 497 g/mol. The highest BCUT2D eigenvalue weighted by Gasteiger charge is 2.11. The van der Waals surface area contributed by atoms with Gasteiger partial charge in [-0.1, -0.05) is 60.1 Å². The number of guanidine groups is 1. The molecule has 0 amide bonds. The molecule has 0 aliphatic heterocycles. The predicted octanol–water partition coefficient (Wildman–Crippen LogP) is 5.02. The highest BCUT2D eigenvalue weighted by Crippen LogP contribution is 2.22. The van der Waals surface area contributed by atoms with Gasteiger partial charge in [0.05, 0.1) is 6.04 Å². The Balaban J connectivity index is 0.00000300. The second-order valence-electron chi connectivity index (χ2n) is 6.54. The van der Waals surface area contributed by atoms with Crippen LogP contribution in [0.15, 0.2) is 72.0 Å². The molecule has 2 N–H and O–H groups in total. The molecule has 0 spiro atoms. The van der Waals surface area contributed by atoms with Crippen molar-refractivity contribution in [3.8, 4) is 0 Å². The largest absolute Gasteiger partial charge is 0.357 e. The van der Waals surface area contributed by atoms with Crippen molar-refractivity contribution in [2.45, 2.75) is 33.0 Å². The van der Waals surface area contributed by atoms with Crippen LogP contribution in [0, 0.1) is 0 Å². The van der Waals surface area contributed by atoms with Gasteiger partial charge in [0.25, 0.3) is 0 Å². The van der Waals surface area contributed by atoms with Gasteiger partial charge in [0.1, 0.15) is 12.4 Å². The quantitative estimate of drug-likeness (QED) is 0.260. The first-order valence-corrected chi connectivity index (χ1v) is 9.88. The third-order valence-corrected chi connectivity index (χ3v) is 4.79. The summed E-state index contributed by atoms with van der Waals surface area (Å²) < 4.78 is 2.12. The molecule has 0 radical (unpaired) electrons. The molecule has 5 nitrogen and oxygen atoms in total. The molecule has 2 aromatic carbocycles. The lowest BCUT2D eigenvalue weighted by Gasteiger charge is -2.19. The molecule has 0 saturated heterocycles. The minimum atomic E-state index is 0. The van der Waals surface area contributed by atoms with Gasteiger partial charge in [-0.15, -0.1) is 24.0 Å². The van der Waals surface area contributed by atoms with E-state index in [0.29, 0.717) is 6.54 Å². The standard InChI is InChI=1S/C22H26ClN5.HI/c1-3-24-22(27-17(2)19-11-7-8-12-20(19)23)26-15-21-25-13-14-28(21)16-18-9-5-4-6-10-18;/h4-14,17H,3,15-16H2,1-2H3,(H2,24,26,27);1H. The van der Waals surface area contributed by atoms with Crippen LogP contribution in [-0.4, -0.2) is 22.1 Å². The van der Waals surface area contributed by atoms with E-state index in [-0.39, 0.29) is 30.0 Å². The monoisotopic (exact) mass is 523 g/mol. The lowest BCUT2D eigenvalue weighted by molar-refractivity contribution is 0.677. The zero-order chi connectivity index (χ0) is 19.8. The van der Waals surface area contributed by atoms with Gasteiger partial charge in [0, 0.05) is 30.5 Å². The van der Waals surface area contributed by atoms with Crippen molar-refractivity contribution in [3.05, 3.63) is 89.0 Å². The number of imidazole rings is 1. The number of benzene rings is 2. The highest BCUT2D eigenvalue weighted by atomic mass is 127. The van der Waals surface area contributed by atoms with Crippen LogP contribution in [0.5, 0.6) is 0 Å². The molecule has 3 rings (SSSR count). The van der Waals surface area contributed by atoms with Crippen molar-refractivity contribution in [2.75, 3.05) is 6.54 Å². The fraction of sp³-hybridized carbons (Fsp3) is 0.273. The Hall–Kier alpha value is -2.06. The third kappa shape index (κ3) is 6.75.